The summed E-state index contributed by atoms with van der Waals surface area (Å²) in [7, 11) is 0. The number of thioether (sulfide) groups is 2. The monoisotopic (exact) mass is 540 g/mol. The van der Waals surface area contributed by atoms with E-state index in [1.54, 1.807) is 31.2 Å². The minimum absolute atomic E-state index is 0.108. The number of carbonyl (C=O) groups is 4. The molecule has 3 atom stereocenters. The number of rotatable bonds is 10. The van der Waals surface area contributed by atoms with Gasteiger partial charge in [0.25, 0.3) is 11.8 Å². The Bertz CT molecular complexity index is 1230. The second-order valence-corrected chi connectivity index (χ2v) is 11.0. The summed E-state index contributed by atoms with van der Waals surface area (Å²) < 4.78 is 0. The molecule has 2 aromatic rings. The number of benzene rings is 2. The van der Waals surface area contributed by atoms with Gasteiger partial charge in [0.2, 0.25) is 11.8 Å². The van der Waals surface area contributed by atoms with Gasteiger partial charge in [0.1, 0.15) is 0 Å². The number of carbonyl (C=O) groups excluding carboxylic acids is 4. The van der Waals surface area contributed by atoms with E-state index in [0.29, 0.717) is 23.5 Å². The molecular formula is C27H28N2O6S2. The van der Waals surface area contributed by atoms with Crippen LogP contribution >= 0.6 is 23.5 Å². The van der Waals surface area contributed by atoms with Crippen LogP contribution in [0.15, 0.2) is 59.5 Å². The standard InChI is InChI=1S/C27H28N2O6S2/c1-16-11-24(32)28(26(16)34)19-7-3-17(4-8-19)12-18-5-9-20(10-6-18)29-25(33)13-23(27(29)35)37-15-22(31)21(30)14-36-2/h3-10,13,16,21-22,30-31H,11-12,14-15H2,1-2H3/t16?,21-,22+/m0/s1. The zero-order chi connectivity index (χ0) is 26.7. The molecule has 4 rings (SSSR count). The van der Waals surface area contributed by atoms with E-state index < -0.39 is 24.0 Å². The van der Waals surface area contributed by atoms with E-state index in [1.165, 1.54) is 22.7 Å². The molecule has 2 aromatic carbocycles. The molecule has 0 aliphatic carbocycles. The fraction of sp³-hybridized carbons (Fsp3) is 0.333. The fourth-order valence-electron chi connectivity index (χ4n) is 4.18. The first-order valence-electron chi connectivity index (χ1n) is 11.8. The molecule has 2 aliphatic rings. The predicted octanol–water partition coefficient (Wildman–Crippen LogP) is 2.75. The highest BCUT2D eigenvalue weighted by Crippen LogP contribution is 2.30. The van der Waals surface area contributed by atoms with Gasteiger partial charge in [-0.15, -0.1) is 11.8 Å². The van der Waals surface area contributed by atoms with Gasteiger partial charge in [-0.25, -0.2) is 4.90 Å². The number of aliphatic hydroxyl groups excluding tert-OH is 2. The molecule has 4 amide bonds. The summed E-state index contributed by atoms with van der Waals surface area (Å²) in [6, 6.07) is 14.4. The van der Waals surface area contributed by atoms with Gasteiger partial charge in [-0.2, -0.15) is 11.8 Å². The van der Waals surface area contributed by atoms with Crippen molar-refractivity contribution in [3.05, 3.63) is 70.6 Å². The molecule has 0 spiro atoms. The van der Waals surface area contributed by atoms with Gasteiger partial charge >= 0.3 is 0 Å². The van der Waals surface area contributed by atoms with Gasteiger partial charge in [-0.05, 0) is 48.1 Å². The van der Waals surface area contributed by atoms with Crippen molar-refractivity contribution in [3.63, 3.8) is 0 Å². The van der Waals surface area contributed by atoms with Crippen molar-refractivity contribution in [1.82, 2.24) is 0 Å². The maximum absolute atomic E-state index is 12.8. The Morgan fingerprint density at radius 1 is 0.865 bits per heavy atom. The zero-order valence-corrected chi connectivity index (χ0v) is 22.1. The molecular weight excluding hydrogens is 512 g/mol. The first-order chi connectivity index (χ1) is 17.7. The summed E-state index contributed by atoms with van der Waals surface area (Å²) in [5, 5.41) is 19.9. The summed E-state index contributed by atoms with van der Waals surface area (Å²) in [6.07, 6.45) is 2.01. The van der Waals surface area contributed by atoms with Crippen LogP contribution in [0.2, 0.25) is 0 Å². The van der Waals surface area contributed by atoms with E-state index in [-0.39, 0.29) is 34.8 Å². The SMILES string of the molecule is CSC[C@H](O)[C@H](O)CSC1=CC(=O)N(c2ccc(Cc3ccc(N4C(=O)CC(C)C4=O)cc3)cc2)C1=O. The van der Waals surface area contributed by atoms with Gasteiger partial charge in [0.05, 0.1) is 28.5 Å². The number of nitrogens with zero attached hydrogens (tertiary/aromatic N) is 2. The molecule has 1 saturated heterocycles. The van der Waals surface area contributed by atoms with E-state index in [1.807, 2.05) is 30.5 Å². The average Bonchev–Trinajstić information content (AvgIpc) is 3.31. The highest BCUT2D eigenvalue weighted by atomic mass is 32.2. The molecule has 10 heteroatoms. The van der Waals surface area contributed by atoms with E-state index in [9.17, 15) is 29.4 Å². The lowest BCUT2D eigenvalue weighted by molar-refractivity contribution is -0.123. The van der Waals surface area contributed by atoms with Gasteiger partial charge in [0.15, 0.2) is 0 Å². The molecule has 2 heterocycles. The zero-order valence-electron chi connectivity index (χ0n) is 20.5. The van der Waals surface area contributed by atoms with Crippen LogP contribution in [0.4, 0.5) is 11.4 Å². The molecule has 8 nitrogen and oxygen atoms in total. The number of hydrogen-bond donors (Lipinski definition) is 2. The second kappa shape index (κ2) is 11.6. The molecule has 2 N–H and O–H groups in total. The normalized spacial score (nSPS) is 19.6. The minimum Gasteiger partial charge on any atom is -0.390 e. The van der Waals surface area contributed by atoms with Crippen molar-refractivity contribution >= 4 is 58.5 Å². The molecule has 0 radical (unpaired) electrons. The van der Waals surface area contributed by atoms with Crippen LogP contribution in [-0.2, 0) is 25.6 Å². The average molecular weight is 541 g/mol. The smallest absolute Gasteiger partial charge is 0.271 e. The van der Waals surface area contributed by atoms with E-state index >= 15 is 0 Å². The number of hydrogen-bond acceptors (Lipinski definition) is 8. The third-order valence-corrected chi connectivity index (χ3v) is 8.04. The Labute approximate surface area is 223 Å². The van der Waals surface area contributed by atoms with Crippen molar-refractivity contribution in [1.29, 1.82) is 0 Å². The number of imide groups is 2. The maximum atomic E-state index is 12.8. The maximum Gasteiger partial charge on any atom is 0.271 e. The first-order valence-corrected chi connectivity index (χ1v) is 14.2. The lowest BCUT2D eigenvalue weighted by Gasteiger charge is -2.17. The van der Waals surface area contributed by atoms with Crippen LogP contribution in [-0.4, -0.2) is 63.8 Å². The number of aliphatic hydroxyl groups is 2. The van der Waals surface area contributed by atoms with E-state index in [0.717, 1.165) is 27.8 Å². The Morgan fingerprint density at radius 2 is 1.41 bits per heavy atom. The summed E-state index contributed by atoms with van der Waals surface area (Å²) in [5.41, 5.74) is 2.96. The summed E-state index contributed by atoms with van der Waals surface area (Å²) in [4.78, 5) is 52.3. The van der Waals surface area contributed by atoms with Crippen LogP contribution in [0.3, 0.4) is 0 Å². The van der Waals surface area contributed by atoms with Crippen LogP contribution in [0.5, 0.6) is 0 Å². The quantitative estimate of drug-likeness (QED) is 0.442. The van der Waals surface area contributed by atoms with Crippen LogP contribution in [0, 0.1) is 5.92 Å². The summed E-state index contributed by atoms with van der Waals surface area (Å²) in [5.74, 6) is -1.08. The Hall–Kier alpha value is -2.92. The van der Waals surface area contributed by atoms with Gasteiger partial charge in [-0.3, -0.25) is 24.1 Å². The second-order valence-electron chi connectivity index (χ2n) is 9.07. The van der Waals surface area contributed by atoms with Crippen LogP contribution in [0.1, 0.15) is 24.5 Å². The summed E-state index contributed by atoms with van der Waals surface area (Å²) >= 11 is 2.47. The van der Waals surface area contributed by atoms with Crippen molar-refractivity contribution in [2.24, 2.45) is 5.92 Å². The Morgan fingerprint density at radius 3 is 1.92 bits per heavy atom. The van der Waals surface area contributed by atoms with Gasteiger partial charge < -0.3 is 10.2 Å². The Kier molecular flexibility index (Phi) is 8.53. The first kappa shape index (κ1) is 27.1. The molecule has 0 bridgehead atoms. The fourth-order valence-corrected chi connectivity index (χ4v) is 5.72. The molecule has 1 fully saturated rings. The highest BCUT2D eigenvalue weighted by molar-refractivity contribution is 8.04. The topological polar surface area (TPSA) is 115 Å². The van der Waals surface area contributed by atoms with Gasteiger partial charge in [0, 0.05) is 29.9 Å². The van der Waals surface area contributed by atoms with E-state index in [4.69, 9.17) is 0 Å². The lowest BCUT2D eigenvalue weighted by atomic mass is 10.0. The molecule has 0 saturated carbocycles. The minimum atomic E-state index is -0.997. The number of amides is 4. The molecule has 0 aromatic heterocycles. The van der Waals surface area contributed by atoms with Crippen molar-refractivity contribution in [2.75, 3.05) is 27.6 Å². The molecule has 194 valence electrons. The number of anilines is 2. The molecule has 37 heavy (non-hydrogen) atoms. The van der Waals surface area contributed by atoms with Crippen molar-refractivity contribution in [2.45, 2.75) is 32.0 Å². The molecule has 1 unspecified atom stereocenters. The summed E-state index contributed by atoms with van der Waals surface area (Å²) in [6.45, 7) is 1.75. The lowest BCUT2D eigenvalue weighted by Crippen LogP contribution is -2.32. The molecule has 2 aliphatic heterocycles. The third-order valence-electron chi connectivity index (χ3n) is 6.25. The predicted molar refractivity (Wildman–Crippen MR) is 145 cm³/mol. The third kappa shape index (κ3) is 5.98. The highest BCUT2D eigenvalue weighted by Gasteiger charge is 2.36. The van der Waals surface area contributed by atoms with Crippen molar-refractivity contribution < 1.29 is 29.4 Å². The van der Waals surface area contributed by atoms with Crippen LogP contribution in [0.25, 0.3) is 0 Å². The Balaban J connectivity index is 1.36. The van der Waals surface area contributed by atoms with Crippen molar-refractivity contribution in [3.8, 4) is 0 Å². The van der Waals surface area contributed by atoms with Gasteiger partial charge in [-0.1, -0.05) is 31.2 Å². The van der Waals surface area contributed by atoms with Crippen LogP contribution < -0.4 is 9.80 Å². The van der Waals surface area contributed by atoms with E-state index in [2.05, 4.69) is 0 Å². The largest absolute Gasteiger partial charge is 0.390 e.